The van der Waals surface area contributed by atoms with Crippen molar-refractivity contribution in [1.29, 1.82) is 0 Å². The van der Waals surface area contributed by atoms with Gasteiger partial charge in [0.15, 0.2) is 5.78 Å². The molecule has 3 rings (SSSR count). The lowest BCUT2D eigenvalue weighted by molar-refractivity contribution is -0.116. The Kier molecular flexibility index (Phi) is 6.95. The molecule has 0 saturated carbocycles. The maximum Gasteiger partial charge on any atom is 0.337 e. The number of piperazine rings is 1. The van der Waals surface area contributed by atoms with Crippen LogP contribution in [0.2, 0.25) is 0 Å². The van der Waals surface area contributed by atoms with Gasteiger partial charge in [0.1, 0.15) is 0 Å². The minimum Gasteiger partial charge on any atom is -0.478 e. The Morgan fingerprint density at radius 2 is 1.48 bits per heavy atom. The second kappa shape index (κ2) is 9.64. The Balaban J connectivity index is 1.68. The molecule has 7 nitrogen and oxygen atoms in total. The normalized spacial score (nSPS) is 13.9. The average Bonchev–Trinajstić information content (AvgIpc) is 2.73. The van der Waals surface area contributed by atoms with Gasteiger partial charge in [-0.3, -0.25) is 9.59 Å². The first-order chi connectivity index (χ1) is 14.7. The van der Waals surface area contributed by atoms with E-state index < -0.39 is 5.97 Å². The van der Waals surface area contributed by atoms with Gasteiger partial charge < -0.3 is 20.2 Å². The number of aromatic carboxylic acids is 1. The summed E-state index contributed by atoms with van der Waals surface area (Å²) in [7, 11) is 0. The van der Waals surface area contributed by atoms with Crippen molar-refractivity contribution < 1.29 is 19.5 Å². The van der Waals surface area contributed by atoms with E-state index in [9.17, 15) is 19.5 Å². The number of amides is 1. The van der Waals surface area contributed by atoms with E-state index in [-0.39, 0.29) is 23.2 Å². The lowest BCUT2D eigenvalue weighted by Crippen LogP contribution is -2.46. The molecular weight excluding hydrogens is 394 g/mol. The third-order valence-corrected chi connectivity index (χ3v) is 5.39. The number of ketones is 1. The van der Waals surface area contributed by atoms with E-state index in [1.807, 2.05) is 44.2 Å². The smallest absolute Gasteiger partial charge is 0.337 e. The van der Waals surface area contributed by atoms with Crippen LogP contribution in [0.5, 0.6) is 0 Å². The fourth-order valence-electron chi connectivity index (χ4n) is 3.72. The Morgan fingerprint density at radius 3 is 2.00 bits per heavy atom. The van der Waals surface area contributed by atoms with Gasteiger partial charge in [0.05, 0.1) is 11.3 Å². The molecular formula is C24H29N3O4. The summed E-state index contributed by atoms with van der Waals surface area (Å²) in [5.74, 6) is -1.00. The molecule has 1 saturated heterocycles. The molecule has 0 aliphatic carbocycles. The summed E-state index contributed by atoms with van der Waals surface area (Å²) in [6, 6.07) is 12.8. The van der Waals surface area contributed by atoms with Gasteiger partial charge in [-0.05, 0) is 55.3 Å². The predicted molar refractivity (Wildman–Crippen MR) is 122 cm³/mol. The van der Waals surface area contributed by atoms with Crippen molar-refractivity contribution in [3.05, 3.63) is 53.6 Å². The number of Topliss-reactive ketones (excluding diaryl/α,β-unsaturated/α-hetero) is 1. The molecule has 0 radical (unpaired) electrons. The number of anilines is 3. The number of nitrogens with one attached hydrogen (secondary N) is 1. The molecule has 7 heteroatoms. The number of benzene rings is 2. The summed E-state index contributed by atoms with van der Waals surface area (Å²) in [5.41, 5.74) is 3.01. The Hall–Kier alpha value is -3.35. The second-order valence-electron chi connectivity index (χ2n) is 8.26. The van der Waals surface area contributed by atoms with Crippen LogP contribution in [0, 0.1) is 5.92 Å². The largest absolute Gasteiger partial charge is 0.478 e. The zero-order valence-electron chi connectivity index (χ0n) is 18.2. The number of hydrogen-bond donors (Lipinski definition) is 2. The lowest BCUT2D eigenvalue weighted by Gasteiger charge is -2.37. The van der Waals surface area contributed by atoms with Gasteiger partial charge >= 0.3 is 5.97 Å². The van der Waals surface area contributed by atoms with Crippen LogP contribution < -0.4 is 15.1 Å². The first-order valence-corrected chi connectivity index (χ1v) is 10.5. The molecule has 31 heavy (non-hydrogen) atoms. The molecule has 1 amide bonds. The third kappa shape index (κ3) is 5.63. The highest BCUT2D eigenvalue weighted by molar-refractivity contribution is 6.01. The van der Waals surface area contributed by atoms with Gasteiger partial charge in [-0.1, -0.05) is 13.8 Å². The Morgan fingerprint density at radius 1 is 0.935 bits per heavy atom. The maximum atomic E-state index is 12.1. The van der Waals surface area contributed by atoms with E-state index in [2.05, 4.69) is 15.1 Å². The van der Waals surface area contributed by atoms with Crippen molar-refractivity contribution in [2.45, 2.75) is 27.2 Å². The molecule has 1 aliphatic heterocycles. The number of rotatable bonds is 7. The van der Waals surface area contributed by atoms with E-state index in [1.54, 1.807) is 19.1 Å². The Bertz CT molecular complexity index is 961. The minimum atomic E-state index is -1.06. The second-order valence-corrected chi connectivity index (χ2v) is 8.26. The third-order valence-electron chi connectivity index (χ3n) is 5.39. The first-order valence-electron chi connectivity index (χ1n) is 10.5. The maximum absolute atomic E-state index is 12.1. The molecule has 2 aromatic rings. The summed E-state index contributed by atoms with van der Waals surface area (Å²) < 4.78 is 0. The number of carbonyl (C=O) groups excluding carboxylic acids is 2. The molecule has 0 aromatic heterocycles. The van der Waals surface area contributed by atoms with Crippen LogP contribution in [-0.4, -0.2) is 48.9 Å². The van der Waals surface area contributed by atoms with E-state index in [0.717, 1.165) is 37.6 Å². The van der Waals surface area contributed by atoms with Gasteiger partial charge in [0, 0.05) is 49.5 Å². The summed E-state index contributed by atoms with van der Waals surface area (Å²) >= 11 is 0. The number of hydrogen-bond acceptors (Lipinski definition) is 5. The SMILES string of the molecule is CC(=O)c1ccc(N2CCN(c3ccc(NC(=O)CC(C)C)c(C(=O)O)c3)CC2)cc1. The molecule has 2 N–H and O–H groups in total. The highest BCUT2D eigenvalue weighted by Gasteiger charge is 2.20. The number of carboxylic acids is 1. The molecule has 2 aromatic carbocycles. The molecule has 0 atom stereocenters. The van der Waals surface area contributed by atoms with Crippen molar-refractivity contribution >= 4 is 34.7 Å². The summed E-state index contributed by atoms with van der Waals surface area (Å²) in [4.78, 5) is 39.7. The summed E-state index contributed by atoms with van der Waals surface area (Å²) in [5, 5.41) is 12.4. The quantitative estimate of drug-likeness (QED) is 0.657. The minimum absolute atomic E-state index is 0.0504. The Labute approximate surface area is 182 Å². The predicted octanol–water partition coefficient (Wildman–Crippen LogP) is 3.90. The van der Waals surface area contributed by atoms with Crippen LogP contribution in [0.4, 0.5) is 17.1 Å². The molecule has 0 bridgehead atoms. The van der Waals surface area contributed by atoms with Crippen LogP contribution in [0.1, 0.15) is 47.9 Å². The summed E-state index contributed by atoms with van der Waals surface area (Å²) in [6.07, 6.45) is 0.343. The zero-order chi connectivity index (χ0) is 22.5. The monoisotopic (exact) mass is 423 g/mol. The van der Waals surface area contributed by atoms with Gasteiger partial charge in [0.25, 0.3) is 0 Å². The van der Waals surface area contributed by atoms with Crippen molar-refractivity contribution in [2.24, 2.45) is 5.92 Å². The van der Waals surface area contributed by atoms with Crippen LogP contribution in [-0.2, 0) is 4.79 Å². The fraction of sp³-hybridized carbons (Fsp3) is 0.375. The van der Waals surface area contributed by atoms with E-state index in [0.29, 0.717) is 17.7 Å². The van der Waals surface area contributed by atoms with E-state index in [4.69, 9.17) is 0 Å². The van der Waals surface area contributed by atoms with Crippen LogP contribution in [0.25, 0.3) is 0 Å². The van der Waals surface area contributed by atoms with Crippen LogP contribution in [0.3, 0.4) is 0 Å². The van der Waals surface area contributed by atoms with Gasteiger partial charge in [-0.2, -0.15) is 0 Å². The van der Waals surface area contributed by atoms with E-state index in [1.165, 1.54) is 0 Å². The highest BCUT2D eigenvalue weighted by atomic mass is 16.4. The number of carboxylic acid groups (broad SMARTS) is 1. The summed E-state index contributed by atoms with van der Waals surface area (Å²) in [6.45, 7) is 8.50. The molecule has 164 valence electrons. The fourth-order valence-corrected chi connectivity index (χ4v) is 3.72. The number of nitrogens with zero attached hydrogens (tertiary/aromatic N) is 2. The standard InChI is InChI=1S/C24H29N3O4/c1-16(2)14-23(29)25-22-9-8-20(15-21(22)24(30)31)27-12-10-26(11-13-27)19-6-4-18(5-7-19)17(3)28/h4-9,15-16H,10-14H2,1-3H3,(H,25,29)(H,30,31). The van der Waals surface area contributed by atoms with Crippen LogP contribution >= 0.6 is 0 Å². The molecule has 0 unspecified atom stereocenters. The van der Waals surface area contributed by atoms with Crippen LogP contribution in [0.15, 0.2) is 42.5 Å². The molecule has 1 fully saturated rings. The zero-order valence-corrected chi connectivity index (χ0v) is 18.2. The van der Waals surface area contributed by atoms with Crippen molar-refractivity contribution in [1.82, 2.24) is 0 Å². The van der Waals surface area contributed by atoms with Crippen molar-refractivity contribution in [3.63, 3.8) is 0 Å². The first kappa shape index (κ1) is 22.3. The van der Waals surface area contributed by atoms with Gasteiger partial charge in [-0.25, -0.2) is 4.79 Å². The van der Waals surface area contributed by atoms with Gasteiger partial charge in [-0.15, -0.1) is 0 Å². The molecule has 1 heterocycles. The highest BCUT2D eigenvalue weighted by Crippen LogP contribution is 2.26. The topological polar surface area (TPSA) is 90.0 Å². The number of carbonyl (C=O) groups is 3. The molecule has 1 aliphatic rings. The lowest BCUT2D eigenvalue weighted by atomic mass is 10.1. The van der Waals surface area contributed by atoms with Crippen molar-refractivity contribution in [3.8, 4) is 0 Å². The molecule has 0 spiro atoms. The average molecular weight is 424 g/mol. The van der Waals surface area contributed by atoms with Crippen molar-refractivity contribution in [2.75, 3.05) is 41.3 Å². The van der Waals surface area contributed by atoms with Gasteiger partial charge in [0.2, 0.25) is 5.91 Å². The van der Waals surface area contributed by atoms with E-state index >= 15 is 0 Å².